The highest BCUT2D eigenvalue weighted by Gasteiger charge is 2.24. The fraction of sp³-hybridized carbons (Fsp3) is 0.316. The van der Waals surface area contributed by atoms with E-state index in [0.717, 1.165) is 43.1 Å². The number of ether oxygens (including phenoxy) is 1. The largest absolute Gasteiger partial charge is 0.497 e. The van der Waals surface area contributed by atoms with Crippen LogP contribution in [0.15, 0.2) is 41.8 Å². The fourth-order valence-electron chi connectivity index (χ4n) is 3.38. The molecular weight excluding hydrogens is 334 g/mol. The molecule has 3 aromatic rings. The Bertz CT molecular complexity index is 889. The molecule has 4 rings (SSSR count). The third-order valence-corrected chi connectivity index (χ3v) is 5.74. The van der Waals surface area contributed by atoms with Crippen LogP contribution in [-0.4, -0.2) is 48.7 Å². The van der Waals surface area contributed by atoms with Gasteiger partial charge in [0.25, 0.3) is 5.91 Å². The predicted octanol–water partition coefficient (Wildman–Crippen LogP) is 3.21. The fourth-order valence-corrected chi connectivity index (χ4v) is 4.23. The number of hydrogen-bond donors (Lipinski definition) is 0. The Labute approximate surface area is 151 Å². The highest BCUT2D eigenvalue weighted by atomic mass is 32.1. The van der Waals surface area contributed by atoms with Gasteiger partial charge in [-0.15, -0.1) is 11.3 Å². The van der Waals surface area contributed by atoms with Crippen molar-refractivity contribution < 1.29 is 9.53 Å². The van der Waals surface area contributed by atoms with E-state index in [1.165, 1.54) is 10.4 Å². The maximum Gasteiger partial charge on any atom is 0.270 e. The number of carbonyl (C=O) groups excluding carboxylic acids is 1. The SMILES string of the molecule is COc1ccc(N2CCN(C(=O)c3cc4sccc4n3C)CC2)cc1. The van der Waals surface area contributed by atoms with Gasteiger partial charge < -0.3 is 19.1 Å². The van der Waals surface area contributed by atoms with Crippen LogP contribution in [-0.2, 0) is 7.05 Å². The van der Waals surface area contributed by atoms with E-state index >= 15 is 0 Å². The molecule has 1 aliphatic heterocycles. The Morgan fingerprint density at radius 2 is 1.80 bits per heavy atom. The van der Waals surface area contributed by atoms with Gasteiger partial charge in [0.05, 0.1) is 17.3 Å². The van der Waals surface area contributed by atoms with Gasteiger partial charge in [-0.1, -0.05) is 0 Å². The maximum atomic E-state index is 12.9. The summed E-state index contributed by atoms with van der Waals surface area (Å²) in [4.78, 5) is 17.2. The molecule has 3 heterocycles. The quantitative estimate of drug-likeness (QED) is 0.724. The van der Waals surface area contributed by atoms with E-state index < -0.39 is 0 Å². The lowest BCUT2D eigenvalue weighted by atomic mass is 10.2. The molecule has 5 nitrogen and oxygen atoms in total. The molecule has 1 aromatic carbocycles. The topological polar surface area (TPSA) is 37.7 Å². The van der Waals surface area contributed by atoms with Crippen molar-refractivity contribution in [2.24, 2.45) is 7.05 Å². The van der Waals surface area contributed by atoms with E-state index in [9.17, 15) is 4.79 Å². The Balaban J connectivity index is 1.44. The summed E-state index contributed by atoms with van der Waals surface area (Å²) in [7, 11) is 3.64. The Morgan fingerprint density at radius 1 is 1.08 bits per heavy atom. The minimum absolute atomic E-state index is 0.125. The summed E-state index contributed by atoms with van der Waals surface area (Å²) in [5, 5.41) is 2.06. The van der Waals surface area contributed by atoms with E-state index in [-0.39, 0.29) is 5.91 Å². The van der Waals surface area contributed by atoms with Gasteiger partial charge in [-0.2, -0.15) is 0 Å². The number of benzene rings is 1. The van der Waals surface area contributed by atoms with Crippen LogP contribution in [0.2, 0.25) is 0 Å². The highest BCUT2D eigenvalue weighted by molar-refractivity contribution is 7.17. The van der Waals surface area contributed by atoms with Crippen molar-refractivity contribution in [3.8, 4) is 5.75 Å². The van der Waals surface area contributed by atoms with E-state index in [2.05, 4.69) is 28.5 Å². The number of aromatic nitrogens is 1. The summed E-state index contributed by atoms with van der Waals surface area (Å²) in [5.74, 6) is 0.988. The van der Waals surface area contributed by atoms with Crippen molar-refractivity contribution in [2.45, 2.75) is 0 Å². The number of carbonyl (C=O) groups is 1. The van der Waals surface area contributed by atoms with Gasteiger partial charge in [0.1, 0.15) is 11.4 Å². The minimum atomic E-state index is 0.125. The van der Waals surface area contributed by atoms with Crippen LogP contribution < -0.4 is 9.64 Å². The second kappa shape index (κ2) is 6.44. The highest BCUT2D eigenvalue weighted by Crippen LogP contribution is 2.26. The molecule has 130 valence electrons. The number of amides is 1. The zero-order valence-corrected chi connectivity index (χ0v) is 15.3. The molecule has 0 N–H and O–H groups in total. The maximum absolute atomic E-state index is 12.9. The van der Waals surface area contributed by atoms with Crippen molar-refractivity contribution in [3.05, 3.63) is 47.5 Å². The molecule has 0 unspecified atom stereocenters. The third-order valence-electron chi connectivity index (χ3n) is 4.89. The first-order valence-electron chi connectivity index (χ1n) is 8.38. The van der Waals surface area contributed by atoms with E-state index in [1.54, 1.807) is 18.4 Å². The molecule has 0 aliphatic carbocycles. The molecule has 0 atom stereocenters. The number of anilines is 1. The summed E-state index contributed by atoms with van der Waals surface area (Å²) in [6, 6.07) is 12.2. The Hall–Kier alpha value is -2.47. The van der Waals surface area contributed by atoms with E-state index in [0.29, 0.717) is 0 Å². The minimum Gasteiger partial charge on any atom is -0.497 e. The first kappa shape index (κ1) is 16.0. The predicted molar refractivity (Wildman–Crippen MR) is 102 cm³/mol. The molecule has 25 heavy (non-hydrogen) atoms. The van der Waals surface area contributed by atoms with Crippen LogP contribution in [0.3, 0.4) is 0 Å². The molecule has 1 amide bonds. The molecule has 1 fully saturated rings. The van der Waals surface area contributed by atoms with Crippen molar-refractivity contribution >= 4 is 33.1 Å². The zero-order valence-electron chi connectivity index (χ0n) is 14.4. The van der Waals surface area contributed by atoms with Crippen molar-refractivity contribution in [1.82, 2.24) is 9.47 Å². The van der Waals surface area contributed by atoms with E-state index in [4.69, 9.17) is 4.74 Å². The third kappa shape index (κ3) is 2.87. The average molecular weight is 355 g/mol. The number of rotatable bonds is 3. The number of piperazine rings is 1. The Morgan fingerprint density at radius 3 is 2.44 bits per heavy atom. The van der Waals surface area contributed by atoms with Gasteiger partial charge >= 0.3 is 0 Å². The summed E-state index contributed by atoms with van der Waals surface area (Å²) in [5.41, 5.74) is 3.08. The molecule has 6 heteroatoms. The smallest absolute Gasteiger partial charge is 0.270 e. The van der Waals surface area contributed by atoms with E-state index in [1.807, 2.05) is 34.7 Å². The second-order valence-corrected chi connectivity index (χ2v) is 7.18. The van der Waals surface area contributed by atoms with Gasteiger partial charge in [0, 0.05) is 38.9 Å². The lowest BCUT2D eigenvalue weighted by Gasteiger charge is -2.36. The van der Waals surface area contributed by atoms with Crippen molar-refractivity contribution in [1.29, 1.82) is 0 Å². The van der Waals surface area contributed by atoms with Crippen LogP contribution >= 0.6 is 11.3 Å². The molecule has 0 bridgehead atoms. The molecular formula is C19H21N3O2S. The van der Waals surface area contributed by atoms with Gasteiger partial charge in [-0.3, -0.25) is 4.79 Å². The van der Waals surface area contributed by atoms with Gasteiger partial charge in [0.2, 0.25) is 0 Å². The first-order valence-corrected chi connectivity index (χ1v) is 9.26. The average Bonchev–Trinajstić information content (AvgIpc) is 3.24. The van der Waals surface area contributed by atoms with Gasteiger partial charge in [-0.05, 0) is 41.8 Å². The Kier molecular flexibility index (Phi) is 4.13. The summed E-state index contributed by atoms with van der Waals surface area (Å²) in [6.07, 6.45) is 0. The lowest BCUT2D eigenvalue weighted by Crippen LogP contribution is -2.49. The van der Waals surface area contributed by atoms with Crippen LogP contribution in [0.5, 0.6) is 5.75 Å². The van der Waals surface area contributed by atoms with Crippen LogP contribution in [0.4, 0.5) is 5.69 Å². The molecule has 2 aromatic heterocycles. The monoisotopic (exact) mass is 355 g/mol. The number of fused-ring (bicyclic) bond motifs is 1. The molecule has 1 saturated heterocycles. The number of methoxy groups -OCH3 is 1. The van der Waals surface area contributed by atoms with Crippen LogP contribution in [0.1, 0.15) is 10.5 Å². The lowest BCUT2D eigenvalue weighted by molar-refractivity contribution is 0.0737. The molecule has 0 radical (unpaired) electrons. The number of thiophene rings is 1. The second-order valence-electron chi connectivity index (χ2n) is 6.24. The molecule has 1 aliphatic rings. The zero-order chi connectivity index (χ0) is 17.4. The van der Waals surface area contributed by atoms with Crippen molar-refractivity contribution in [3.63, 3.8) is 0 Å². The summed E-state index contributed by atoms with van der Waals surface area (Å²) >= 11 is 1.68. The van der Waals surface area contributed by atoms with Gasteiger partial charge in [0.15, 0.2) is 0 Å². The summed E-state index contributed by atoms with van der Waals surface area (Å²) < 4.78 is 8.38. The normalized spacial score (nSPS) is 15.0. The number of nitrogens with zero attached hydrogens (tertiary/aromatic N) is 3. The van der Waals surface area contributed by atoms with Crippen molar-refractivity contribution in [2.75, 3.05) is 38.2 Å². The van der Waals surface area contributed by atoms with Crippen LogP contribution in [0.25, 0.3) is 10.2 Å². The van der Waals surface area contributed by atoms with Gasteiger partial charge in [-0.25, -0.2) is 0 Å². The van der Waals surface area contributed by atoms with Crippen LogP contribution in [0, 0.1) is 0 Å². The standard InChI is InChI=1S/C19H21N3O2S/c1-20-16-7-12-25-18(16)13-17(20)19(23)22-10-8-21(9-11-22)14-3-5-15(24-2)6-4-14/h3-7,12-13H,8-11H2,1-2H3. The number of hydrogen-bond acceptors (Lipinski definition) is 4. The molecule has 0 spiro atoms. The first-order chi connectivity index (χ1) is 12.2. The summed E-state index contributed by atoms with van der Waals surface area (Å²) in [6.45, 7) is 3.17. The molecule has 0 saturated carbocycles. The number of aryl methyl sites for hydroxylation is 1.